The summed E-state index contributed by atoms with van der Waals surface area (Å²) >= 11 is 1.29. The number of carbonyl (C=O) groups excluding carboxylic acids is 1. The molecule has 1 saturated carbocycles. The Morgan fingerprint density at radius 2 is 2.10 bits per heavy atom. The smallest absolute Gasteiger partial charge is 0.230 e. The third kappa shape index (κ3) is 5.44. The summed E-state index contributed by atoms with van der Waals surface area (Å²) < 4.78 is 7.22. The topological polar surface area (TPSA) is 95.1 Å². The van der Waals surface area contributed by atoms with Crippen LogP contribution in [-0.4, -0.2) is 32.6 Å². The van der Waals surface area contributed by atoms with E-state index in [1.54, 1.807) is 0 Å². The molecule has 3 atom stereocenters. The molecule has 1 aliphatic rings. The fourth-order valence-corrected chi connectivity index (χ4v) is 4.46. The highest BCUT2D eigenvalue weighted by atomic mass is 32.2. The zero-order valence-electron chi connectivity index (χ0n) is 17.6. The van der Waals surface area contributed by atoms with Crippen molar-refractivity contribution in [2.24, 2.45) is 11.8 Å². The Labute approximate surface area is 176 Å². The van der Waals surface area contributed by atoms with Crippen molar-refractivity contribution < 1.29 is 9.53 Å². The number of nitrogen functional groups attached to an aromatic ring is 1. The standard InChI is InChI=1S/C21H31N5O2S/c1-13-8-9-18(15(3)10-13)28-11-19-24-25-21(26(19)22)29-12-20(27)23-17-7-5-6-14(2)16(17)4/h8-10,14,16-17H,5-7,11-12,22H2,1-4H3,(H,23,27)/t14-,16+,17+/m1/s1. The molecule has 0 unspecified atom stereocenters. The van der Waals surface area contributed by atoms with Gasteiger partial charge < -0.3 is 15.9 Å². The molecule has 1 aromatic carbocycles. The first-order valence-electron chi connectivity index (χ1n) is 10.2. The Bertz CT molecular complexity index is 854. The first kappa shape index (κ1) is 21.5. The minimum absolute atomic E-state index is 0.0111. The number of hydrogen-bond donors (Lipinski definition) is 2. The lowest BCUT2D eigenvalue weighted by Gasteiger charge is -2.34. The molecule has 3 rings (SSSR count). The summed E-state index contributed by atoms with van der Waals surface area (Å²) in [7, 11) is 0. The molecule has 8 heteroatoms. The Kier molecular flexibility index (Phi) is 7.05. The second-order valence-corrected chi connectivity index (χ2v) is 9.00. The number of hydrogen-bond acceptors (Lipinski definition) is 6. The molecule has 0 spiro atoms. The summed E-state index contributed by atoms with van der Waals surface area (Å²) in [5, 5.41) is 11.9. The number of nitrogens with two attached hydrogens (primary N) is 1. The molecule has 1 aliphatic carbocycles. The number of amides is 1. The Morgan fingerprint density at radius 1 is 1.31 bits per heavy atom. The highest BCUT2D eigenvalue weighted by molar-refractivity contribution is 7.99. The van der Waals surface area contributed by atoms with Crippen LogP contribution in [0.3, 0.4) is 0 Å². The van der Waals surface area contributed by atoms with E-state index in [2.05, 4.69) is 35.4 Å². The lowest BCUT2D eigenvalue weighted by molar-refractivity contribution is -0.120. The molecule has 1 fully saturated rings. The van der Waals surface area contributed by atoms with E-state index < -0.39 is 0 Å². The minimum atomic E-state index is 0.0111. The van der Waals surface area contributed by atoms with Crippen molar-refractivity contribution in [1.82, 2.24) is 20.2 Å². The maximum Gasteiger partial charge on any atom is 0.230 e. The molecule has 29 heavy (non-hydrogen) atoms. The van der Waals surface area contributed by atoms with Crippen LogP contribution in [0.4, 0.5) is 0 Å². The van der Waals surface area contributed by atoms with E-state index >= 15 is 0 Å². The SMILES string of the molecule is Cc1ccc(OCc2nnc(SCC(=O)N[C@H]3CCC[C@@H](C)[C@@H]3C)n2N)c(C)c1. The van der Waals surface area contributed by atoms with E-state index in [0.29, 0.717) is 22.8 Å². The number of nitrogens with one attached hydrogen (secondary N) is 1. The number of benzene rings is 1. The Balaban J connectivity index is 1.51. The summed E-state index contributed by atoms with van der Waals surface area (Å²) in [6.07, 6.45) is 3.46. The van der Waals surface area contributed by atoms with Crippen molar-refractivity contribution in [3.05, 3.63) is 35.2 Å². The van der Waals surface area contributed by atoms with Gasteiger partial charge in [0.1, 0.15) is 12.4 Å². The van der Waals surface area contributed by atoms with Gasteiger partial charge in [-0.2, -0.15) is 0 Å². The van der Waals surface area contributed by atoms with Gasteiger partial charge in [0.2, 0.25) is 11.1 Å². The normalized spacial score (nSPS) is 21.7. The monoisotopic (exact) mass is 417 g/mol. The summed E-state index contributed by atoms with van der Waals surface area (Å²) in [6.45, 7) is 8.75. The molecule has 3 N–H and O–H groups in total. The molecule has 1 amide bonds. The molecule has 0 aliphatic heterocycles. The average Bonchev–Trinajstić information content (AvgIpc) is 3.03. The van der Waals surface area contributed by atoms with Crippen molar-refractivity contribution >= 4 is 17.7 Å². The fourth-order valence-electron chi connectivity index (χ4n) is 3.77. The number of rotatable bonds is 7. The second-order valence-electron chi connectivity index (χ2n) is 8.06. The fraction of sp³-hybridized carbons (Fsp3) is 0.571. The van der Waals surface area contributed by atoms with E-state index in [9.17, 15) is 4.79 Å². The van der Waals surface area contributed by atoms with Gasteiger partial charge in [-0.15, -0.1) is 10.2 Å². The van der Waals surface area contributed by atoms with Gasteiger partial charge in [0.25, 0.3) is 0 Å². The van der Waals surface area contributed by atoms with Crippen molar-refractivity contribution in [1.29, 1.82) is 0 Å². The van der Waals surface area contributed by atoms with E-state index in [0.717, 1.165) is 17.7 Å². The maximum atomic E-state index is 12.4. The summed E-state index contributed by atoms with van der Waals surface area (Å²) in [4.78, 5) is 12.4. The third-order valence-corrected chi connectivity index (χ3v) is 6.75. The summed E-state index contributed by atoms with van der Waals surface area (Å²) in [5.74, 6) is 8.84. The largest absolute Gasteiger partial charge is 0.485 e. The van der Waals surface area contributed by atoms with Gasteiger partial charge in [-0.3, -0.25) is 4.79 Å². The van der Waals surface area contributed by atoms with E-state index in [1.807, 2.05) is 26.0 Å². The molecule has 0 radical (unpaired) electrons. The van der Waals surface area contributed by atoms with Gasteiger partial charge in [-0.05, 0) is 43.7 Å². The van der Waals surface area contributed by atoms with Gasteiger partial charge in [0.15, 0.2) is 5.82 Å². The minimum Gasteiger partial charge on any atom is -0.485 e. The van der Waals surface area contributed by atoms with Crippen LogP contribution in [0.1, 0.15) is 50.1 Å². The molecule has 1 heterocycles. The highest BCUT2D eigenvalue weighted by Gasteiger charge is 2.28. The van der Waals surface area contributed by atoms with Crippen LogP contribution in [0, 0.1) is 25.7 Å². The molecule has 7 nitrogen and oxygen atoms in total. The highest BCUT2D eigenvalue weighted by Crippen LogP contribution is 2.29. The van der Waals surface area contributed by atoms with E-state index in [-0.39, 0.29) is 24.3 Å². The Hall–Kier alpha value is -2.22. The van der Waals surface area contributed by atoms with E-state index in [4.69, 9.17) is 10.6 Å². The molecule has 2 aromatic rings. The number of nitrogens with zero attached hydrogens (tertiary/aromatic N) is 3. The van der Waals surface area contributed by atoms with Gasteiger partial charge in [-0.25, -0.2) is 4.68 Å². The number of aromatic nitrogens is 3. The lowest BCUT2D eigenvalue weighted by atomic mass is 9.78. The van der Waals surface area contributed by atoms with Crippen LogP contribution in [0.15, 0.2) is 23.4 Å². The Morgan fingerprint density at radius 3 is 2.86 bits per heavy atom. The average molecular weight is 418 g/mol. The van der Waals surface area contributed by atoms with E-state index in [1.165, 1.54) is 34.8 Å². The van der Waals surface area contributed by atoms with Crippen molar-refractivity contribution in [3.63, 3.8) is 0 Å². The number of ether oxygens (including phenoxy) is 1. The van der Waals surface area contributed by atoms with Crippen molar-refractivity contribution in [3.8, 4) is 5.75 Å². The van der Waals surface area contributed by atoms with Crippen LogP contribution in [0.2, 0.25) is 0 Å². The first-order valence-corrected chi connectivity index (χ1v) is 11.1. The lowest BCUT2D eigenvalue weighted by Crippen LogP contribution is -2.44. The number of carbonyl (C=O) groups is 1. The van der Waals surface area contributed by atoms with Gasteiger partial charge in [0.05, 0.1) is 5.75 Å². The third-order valence-electron chi connectivity index (χ3n) is 5.81. The number of thioether (sulfide) groups is 1. The predicted molar refractivity (Wildman–Crippen MR) is 115 cm³/mol. The van der Waals surface area contributed by atoms with Crippen LogP contribution < -0.4 is 15.9 Å². The quantitative estimate of drug-likeness (QED) is 0.531. The molecule has 0 saturated heterocycles. The zero-order valence-corrected chi connectivity index (χ0v) is 18.5. The first-order chi connectivity index (χ1) is 13.8. The van der Waals surface area contributed by atoms with Gasteiger partial charge in [-0.1, -0.05) is 56.1 Å². The predicted octanol–water partition coefficient (Wildman–Crippen LogP) is 3.22. The van der Waals surface area contributed by atoms with Crippen LogP contribution in [-0.2, 0) is 11.4 Å². The molecular weight excluding hydrogens is 386 g/mol. The molecule has 1 aromatic heterocycles. The second kappa shape index (κ2) is 9.52. The van der Waals surface area contributed by atoms with Crippen LogP contribution in [0.25, 0.3) is 0 Å². The van der Waals surface area contributed by atoms with Crippen LogP contribution >= 0.6 is 11.8 Å². The summed E-state index contributed by atoms with van der Waals surface area (Å²) in [5.41, 5.74) is 2.25. The van der Waals surface area contributed by atoms with Crippen molar-refractivity contribution in [2.75, 3.05) is 11.6 Å². The zero-order chi connectivity index (χ0) is 21.0. The van der Waals surface area contributed by atoms with Crippen molar-refractivity contribution in [2.45, 2.75) is 64.8 Å². The van der Waals surface area contributed by atoms with Gasteiger partial charge in [0, 0.05) is 6.04 Å². The molecule has 0 bridgehead atoms. The summed E-state index contributed by atoms with van der Waals surface area (Å²) in [6, 6.07) is 6.26. The molecular formula is C21H31N5O2S. The van der Waals surface area contributed by atoms with Crippen LogP contribution in [0.5, 0.6) is 5.75 Å². The molecule has 158 valence electrons. The maximum absolute atomic E-state index is 12.4. The van der Waals surface area contributed by atoms with Gasteiger partial charge >= 0.3 is 0 Å². The number of aryl methyl sites for hydroxylation is 2.